The first-order valence-electron chi connectivity index (χ1n) is 5.84. The molecule has 0 bridgehead atoms. The topological polar surface area (TPSA) is 55.6 Å². The Morgan fingerprint density at radius 3 is 2.71 bits per heavy atom. The zero-order valence-electron chi connectivity index (χ0n) is 10.4. The fraction of sp³-hybridized carbons (Fsp3) is 0.417. The number of anilines is 1. The van der Waals surface area contributed by atoms with Gasteiger partial charge in [-0.15, -0.1) is 0 Å². The minimum absolute atomic E-state index is 0.866. The van der Waals surface area contributed by atoms with Crippen LogP contribution in [0.3, 0.4) is 0 Å². The van der Waals surface area contributed by atoms with Gasteiger partial charge >= 0.3 is 0 Å². The molecule has 2 heterocycles. The Balaban J connectivity index is 2.50. The van der Waals surface area contributed by atoms with Crippen molar-refractivity contribution in [1.29, 1.82) is 0 Å². The third-order valence-electron chi connectivity index (χ3n) is 2.77. The molecule has 2 aromatic rings. The maximum atomic E-state index is 4.37. The zero-order valence-corrected chi connectivity index (χ0v) is 10.4. The molecular formula is C12H17N5. The summed E-state index contributed by atoms with van der Waals surface area (Å²) in [6, 6.07) is 0. The summed E-state index contributed by atoms with van der Waals surface area (Å²) in [5, 5.41) is 7.38. The van der Waals surface area contributed by atoms with Gasteiger partial charge in [-0.1, -0.05) is 6.92 Å². The van der Waals surface area contributed by atoms with Gasteiger partial charge < -0.3 is 5.32 Å². The van der Waals surface area contributed by atoms with E-state index in [9.17, 15) is 0 Å². The van der Waals surface area contributed by atoms with Gasteiger partial charge in [-0.05, 0) is 13.3 Å². The molecule has 90 valence electrons. The van der Waals surface area contributed by atoms with Crippen molar-refractivity contribution in [2.24, 2.45) is 0 Å². The van der Waals surface area contributed by atoms with Crippen LogP contribution in [-0.2, 0) is 13.0 Å². The average Bonchev–Trinajstić information content (AvgIpc) is 2.86. The van der Waals surface area contributed by atoms with Crippen LogP contribution in [0.1, 0.15) is 19.4 Å². The molecule has 2 aromatic heterocycles. The molecule has 17 heavy (non-hydrogen) atoms. The number of nitrogens with zero attached hydrogens (tertiary/aromatic N) is 4. The molecule has 0 aliphatic carbocycles. The first kappa shape index (κ1) is 11.6. The molecule has 2 rings (SSSR count). The van der Waals surface area contributed by atoms with Crippen LogP contribution in [0.4, 0.5) is 5.82 Å². The highest BCUT2D eigenvalue weighted by atomic mass is 15.3. The first-order chi connectivity index (χ1) is 8.30. The fourth-order valence-electron chi connectivity index (χ4n) is 1.87. The minimum atomic E-state index is 0.866. The Kier molecular flexibility index (Phi) is 3.37. The third-order valence-corrected chi connectivity index (χ3v) is 2.77. The van der Waals surface area contributed by atoms with Crippen molar-refractivity contribution in [3.8, 4) is 11.3 Å². The third kappa shape index (κ3) is 2.13. The van der Waals surface area contributed by atoms with E-state index in [2.05, 4.69) is 34.2 Å². The summed E-state index contributed by atoms with van der Waals surface area (Å²) in [6.07, 6.45) is 6.35. The quantitative estimate of drug-likeness (QED) is 0.874. The molecule has 1 N–H and O–H groups in total. The molecule has 0 radical (unpaired) electrons. The summed E-state index contributed by atoms with van der Waals surface area (Å²) in [7, 11) is 1.88. The highest BCUT2D eigenvalue weighted by Gasteiger charge is 2.11. The van der Waals surface area contributed by atoms with Crippen molar-refractivity contribution in [2.75, 3.05) is 12.4 Å². The van der Waals surface area contributed by atoms with Crippen LogP contribution in [0.25, 0.3) is 11.3 Å². The predicted molar refractivity (Wildman–Crippen MR) is 67.9 cm³/mol. The van der Waals surface area contributed by atoms with Gasteiger partial charge in [-0.25, -0.2) is 9.97 Å². The van der Waals surface area contributed by atoms with Gasteiger partial charge in [0.2, 0.25) is 0 Å². The lowest BCUT2D eigenvalue weighted by Gasteiger charge is -2.09. The molecule has 0 aliphatic heterocycles. The molecule has 0 aliphatic rings. The fourth-order valence-corrected chi connectivity index (χ4v) is 1.87. The lowest BCUT2D eigenvalue weighted by Crippen LogP contribution is -2.01. The van der Waals surface area contributed by atoms with E-state index in [-0.39, 0.29) is 0 Å². The Morgan fingerprint density at radius 2 is 2.12 bits per heavy atom. The molecule has 0 aromatic carbocycles. The molecule has 0 saturated heterocycles. The van der Waals surface area contributed by atoms with Crippen LogP contribution < -0.4 is 5.32 Å². The standard InChI is InChI=1S/C12H17N5/c1-4-10-11(14-8-15-12(10)13-3)9-6-16-17(5-2)7-9/h6-8H,4-5H2,1-3H3,(H,13,14,15). The van der Waals surface area contributed by atoms with Gasteiger partial charge in [0.1, 0.15) is 12.1 Å². The number of nitrogens with one attached hydrogen (secondary N) is 1. The van der Waals surface area contributed by atoms with Gasteiger partial charge in [-0.2, -0.15) is 5.10 Å². The van der Waals surface area contributed by atoms with Crippen LogP contribution in [0.5, 0.6) is 0 Å². The largest absolute Gasteiger partial charge is 0.373 e. The van der Waals surface area contributed by atoms with E-state index in [1.807, 2.05) is 24.1 Å². The van der Waals surface area contributed by atoms with Crippen molar-refractivity contribution in [2.45, 2.75) is 26.8 Å². The van der Waals surface area contributed by atoms with E-state index in [1.54, 1.807) is 6.33 Å². The lowest BCUT2D eigenvalue weighted by molar-refractivity contribution is 0.660. The number of hydrogen-bond acceptors (Lipinski definition) is 4. The summed E-state index contributed by atoms with van der Waals surface area (Å²) in [6.45, 7) is 5.04. The summed E-state index contributed by atoms with van der Waals surface area (Å²) < 4.78 is 1.90. The highest BCUT2D eigenvalue weighted by Crippen LogP contribution is 2.25. The molecule has 0 spiro atoms. The highest BCUT2D eigenvalue weighted by molar-refractivity contribution is 5.67. The van der Waals surface area contributed by atoms with E-state index in [0.717, 1.165) is 35.6 Å². The molecule has 5 nitrogen and oxygen atoms in total. The van der Waals surface area contributed by atoms with Gasteiger partial charge in [0.15, 0.2) is 0 Å². The number of aryl methyl sites for hydroxylation is 1. The molecule has 0 fully saturated rings. The van der Waals surface area contributed by atoms with Crippen molar-refractivity contribution in [1.82, 2.24) is 19.7 Å². The summed E-state index contributed by atoms with van der Waals surface area (Å²) in [4.78, 5) is 8.60. The monoisotopic (exact) mass is 231 g/mol. The van der Waals surface area contributed by atoms with Crippen LogP contribution in [0.2, 0.25) is 0 Å². The number of rotatable bonds is 4. The number of hydrogen-bond donors (Lipinski definition) is 1. The van der Waals surface area contributed by atoms with Crippen LogP contribution in [0.15, 0.2) is 18.7 Å². The molecule has 0 unspecified atom stereocenters. The van der Waals surface area contributed by atoms with Gasteiger partial charge in [0, 0.05) is 30.9 Å². The molecule has 0 atom stereocenters. The lowest BCUT2D eigenvalue weighted by atomic mass is 10.1. The Hall–Kier alpha value is -1.91. The van der Waals surface area contributed by atoms with Crippen molar-refractivity contribution >= 4 is 5.82 Å². The maximum absolute atomic E-state index is 4.37. The molecule has 5 heteroatoms. The summed E-state index contributed by atoms with van der Waals surface area (Å²) in [5.74, 6) is 0.891. The maximum Gasteiger partial charge on any atom is 0.132 e. The van der Waals surface area contributed by atoms with Crippen LogP contribution in [0, 0.1) is 0 Å². The van der Waals surface area contributed by atoms with Gasteiger partial charge in [0.05, 0.1) is 11.9 Å². The Labute approximate surface area is 101 Å². The van der Waals surface area contributed by atoms with Crippen LogP contribution in [-0.4, -0.2) is 26.8 Å². The van der Waals surface area contributed by atoms with Crippen LogP contribution >= 0.6 is 0 Å². The SMILES string of the molecule is CCc1c(NC)ncnc1-c1cnn(CC)c1. The van der Waals surface area contributed by atoms with Crippen molar-refractivity contribution in [3.05, 3.63) is 24.3 Å². The minimum Gasteiger partial charge on any atom is -0.373 e. The molecular weight excluding hydrogens is 214 g/mol. The average molecular weight is 231 g/mol. The van der Waals surface area contributed by atoms with Gasteiger partial charge in [-0.3, -0.25) is 4.68 Å². The van der Waals surface area contributed by atoms with E-state index in [1.165, 1.54) is 0 Å². The predicted octanol–water partition coefficient (Wildman–Crippen LogP) is 1.96. The second-order valence-corrected chi connectivity index (χ2v) is 3.74. The number of aromatic nitrogens is 4. The first-order valence-corrected chi connectivity index (χ1v) is 5.84. The second-order valence-electron chi connectivity index (χ2n) is 3.74. The van der Waals surface area contributed by atoms with E-state index < -0.39 is 0 Å². The summed E-state index contributed by atoms with van der Waals surface area (Å²) >= 11 is 0. The summed E-state index contributed by atoms with van der Waals surface area (Å²) in [5.41, 5.74) is 3.14. The molecule has 0 amide bonds. The van der Waals surface area contributed by atoms with Crippen molar-refractivity contribution in [3.63, 3.8) is 0 Å². The zero-order chi connectivity index (χ0) is 12.3. The molecule has 0 saturated carbocycles. The second kappa shape index (κ2) is 4.95. The van der Waals surface area contributed by atoms with E-state index in [4.69, 9.17) is 0 Å². The van der Waals surface area contributed by atoms with Crippen molar-refractivity contribution < 1.29 is 0 Å². The Bertz CT molecular complexity index is 503. The normalized spacial score (nSPS) is 10.5. The van der Waals surface area contributed by atoms with E-state index >= 15 is 0 Å². The smallest absolute Gasteiger partial charge is 0.132 e. The van der Waals surface area contributed by atoms with E-state index in [0.29, 0.717) is 0 Å². The van der Waals surface area contributed by atoms with Gasteiger partial charge in [0.25, 0.3) is 0 Å². The Morgan fingerprint density at radius 1 is 1.29 bits per heavy atom.